The van der Waals surface area contributed by atoms with Crippen molar-refractivity contribution in [3.05, 3.63) is 18.2 Å². The number of hydrogen-bond donors (Lipinski definition) is 0. The van der Waals surface area contributed by atoms with Crippen LogP contribution in [0.2, 0.25) is 0 Å². The molecule has 0 spiro atoms. The summed E-state index contributed by atoms with van der Waals surface area (Å²) in [7, 11) is -2.72. The quantitative estimate of drug-likeness (QED) is 0.628. The molecule has 1 saturated heterocycles. The zero-order valence-electron chi connectivity index (χ0n) is 6.77. The smallest absolute Gasteiger partial charge is 0.154 e. The van der Waals surface area contributed by atoms with Crippen molar-refractivity contribution in [2.24, 2.45) is 0 Å². The fourth-order valence-electron chi connectivity index (χ4n) is 1.35. The van der Waals surface area contributed by atoms with Crippen LogP contribution in [-0.4, -0.2) is 29.5 Å². The van der Waals surface area contributed by atoms with Gasteiger partial charge < -0.3 is 4.57 Å². The Kier molecular flexibility index (Phi) is 1.51. The Labute approximate surface area is 71.1 Å². The summed E-state index contributed by atoms with van der Waals surface area (Å²) in [6.07, 6.45) is 3.56. The molecule has 0 bridgehead atoms. The van der Waals surface area contributed by atoms with E-state index in [1.54, 1.807) is 6.33 Å². The van der Waals surface area contributed by atoms with Crippen LogP contribution in [0.1, 0.15) is 11.7 Å². The van der Waals surface area contributed by atoms with Gasteiger partial charge in [-0.1, -0.05) is 0 Å². The van der Waals surface area contributed by atoms with Crippen LogP contribution in [0.4, 0.5) is 0 Å². The number of rotatable bonds is 1. The van der Waals surface area contributed by atoms with E-state index in [0.29, 0.717) is 0 Å². The zero-order chi connectivity index (χ0) is 8.77. The van der Waals surface area contributed by atoms with Gasteiger partial charge in [-0.2, -0.15) is 0 Å². The maximum absolute atomic E-state index is 10.8. The summed E-state index contributed by atoms with van der Waals surface area (Å²) in [5.74, 6) is 0.533. The van der Waals surface area contributed by atoms with Gasteiger partial charge in [-0.05, 0) is 6.92 Å². The average molecular weight is 186 g/mol. The first-order valence-electron chi connectivity index (χ1n) is 3.77. The molecule has 5 heteroatoms. The fourth-order valence-corrected chi connectivity index (χ4v) is 2.77. The molecule has 0 amide bonds. The Morgan fingerprint density at radius 1 is 1.58 bits per heavy atom. The van der Waals surface area contributed by atoms with Crippen LogP contribution in [0.5, 0.6) is 0 Å². The molecule has 0 aliphatic carbocycles. The van der Waals surface area contributed by atoms with E-state index in [9.17, 15) is 8.42 Å². The summed E-state index contributed by atoms with van der Waals surface area (Å²) in [6.45, 7) is 1.89. The number of hydrogen-bond acceptors (Lipinski definition) is 3. The number of imidazole rings is 1. The third kappa shape index (κ3) is 1.24. The minimum Gasteiger partial charge on any atom is -0.332 e. The Morgan fingerprint density at radius 2 is 2.25 bits per heavy atom. The molecule has 1 aromatic rings. The van der Waals surface area contributed by atoms with Crippen molar-refractivity contribution in [1.29, 1.82) is 0 Å². The average Bonchev–Trinajstić information content (AvgIpc) is 2.30. The highest BCUT2D eigenvalue weighted by molar-refractivity contribution is 7.92. The van der Waals surface area contributed by atoms with Crippen LogP contribution in [0.15, 0.2) is 12.5 Å². The SMILES string of the molecule is Cc1cn(C2CS(=O)(=O)C2)cn1. The van der Waals surface area contributed by atoms with Gasteiger partial charge in [0, 0.05) is 6.20 Å². The summed E-state index contributed by atoms with van der Waals surface area (Å²) < 4.78 is 23.6. The number of aryl methyl sites for hydroxylation is 1. The molecule has 1 aliphatic rings. The van der Waals surface area contributed by atoms with Gasteiger partial charge in [-0.15, -0.1) is 0 Å². The van der Waals surface area contributed by atoms with E-state index in [1.807, 2.05) is 17.7 Å². The summed E-state index contributed by atoms with van der Waals surface area (Å²) in [4.78, 5) is 4.04. The summed E-state index contributed by atoms with van der Waals surface area (Å²) in [6, 6.07) is 0.121. The van der Waals surface area contributed by atoms with Gasteiger partial charge in [0.25, 0.3) is 0 Å². The van der Waals surface area contributed by atoms with Crippen molar-refractivity contribution in [3.8, 4) is 0 Å². The van der Waals surface area contributed by atoms with Gasteiger partial charge >= 0.3 is 0 Å². The molecular weight excluding hydrogens is 176 g/mol. The van der Waals surface area contributed by atoms with Crippen molar-refractivity contribution < 1.29 is 8.42 Å². The second-order valence-corrected chi connectivity index (χ2v) is 5.35. The lowest BCUT2D eigenvalue weighted by atomic mass is 10.4. The molecule has 0 saturated carbocycles. The molecule has 2 heterocycles. The maximum atomic E-state index is 10.8. The highest BCUT2D eigenvalue weighted by Gasteiger charge is 2.34. The van der Waals surface area contributed by atoms with E-state index in [1.165, 1.54) is 0 Å². The molecule has 0 unspecified atom stereocenters. The van der Waals surface area contributed by atoms with Crippen LogP contribution in [0.25, 0.3) is 0 Å². The van der Waals surface area contributed by atoms with Crippen molar-refractivity contribution in [2.45, 2.75) is 13.0 Å². The molecule has 2 rings (SSSR count). The minimum atomic E-state index is -2.72. The van der Waals surface area contributed by atoms with Crippen LogP contribution in [0, 0.1) is 6.92 Å². The summed E-state index contributed by atoms with van der Waals surface area (Å²) in [5.41, 5.74) is 0.930. The largest absolute Gasteiger partial charge is 0.332 e. The minimum absolute atomic E-state index is 0.121. The molecule has 12 heavy (non-hydrogen) atoms. The van der Waals surface area contributed by atoms with E-state index < -0.39 is 9.84 Å². The first-order chi connectivity index (χ1) is 5.57. The summed E-state index contributed by atoms with van der Waals surface area (Å²) >= 11 is 0. The van der Waals surface area contributed by atoms with Crippen LogP contribution >= 0.6 is 0 Å². The first kappa shape index (κ1) is 7.79. The molecule has 0 N–H and O–H groups in total. The summed E-state index contributed by atoms with van der Waals surface area (Å²) in [5, 5.41) is 0. The van der Waals surface area contributed by atoms with Crippen LogP contribution in [-0.2, 0) is 9.84 Å². The Bertz CT molecular complexity index is 381. The van der Waals surface area contributed by atoms with Crippen molar-refractivity contribution in [2.75, 3.05) is 11.5 Å². The van der Waals surface area contributed by atoms with E-state index in [-0.39, 0.29) is 17.5 Å². The molecule has 0 aromatic carbocycles. The van der Waals surface area contributed by atoms with Gasteiger partial charge in [0.2, 0.25) is 0 Å². The molecule has 1 aromatic heterocycles. The lowest BCUT2D eigenvalue weighted by molar-refractivity contribution is 0.507. The van der Waals surface area contributed by atoms with Crippen molar-refractivity contribution >= 4 is 9.84 Å². The van der Waals surface area contributed by atoms with Gasteiger partial charge in [-0.25, -0.2) is 13.4 Å². The van der Waals surface area contributed by atoms with Gasteiger partial charge in [0.05, 0.1) is 29.6 Å². The van der Waals surface area contributed by atoms with Gasteiger partial charge in [-0.3, -0.25) is 0 Å². The fraction of sp³-hybridized carbons (Fsp3) is 0.571. The first-order valence-corrected chi connectivity index (χ1v) is 5.59. The van der Waals surface area contributed by atoms with Gasteiger partial charge in [0.15, 0.2) is 9.84 Å². The third-order valence-corrected chi connectivity index (χ3v) is 3.83. The molecule has 66 valence electrons. The molecule has 4 nitrogen and oxygen atoms in total. The van der Waals surface area contributed by atoms with E-state index >= 15 is 0 Å². The van der Waals surface area contributed by atoms with Crippen LogP contribution in [0.3, 0.4) is 0 Å². The number of aromatic nitrogens is 2. The van der Waals surface area contributed by atoms with E-state index in [4.69, 9.17) is 0 Å². The topological polar surface area (TPSA) is 52.0 Å². The van der Waals surface area contributed by atoms with Crippen molar-refractivity contribution in [3.63, 3.8) is 0 Å². The predicted octanol–water partition coefficient (Wildman–Crippen LogP) is 0.161. The molecule has 0 atom stereocenters. The molecular formula is C7H10N2O2S. The number of nitrogens with zero attached hydrogens (tertiary/aromatic N) is 2. The second-order valence-electron chi connectivity index (χ2n) is 3.19. The highest BCUT2D eigenvalue weighted by Crippen LogP contribution is 2.23. The number of sulfone groups is 1. The Hall–Kier alpha value is -0.840. The molecule has 1 aliphatic heterocycles. The Balaban J connectivity index is 2.15. The lowest BCUT2D eigenvalue weighted by Crippen LogP contribution is -2.37. The monoisotopic (exact) mass is 186 g/mol. The standard InChI is InChI=1S/C7H10N2O2S/c1-6-2-9(5-8-6)7-3-12(10,11)4-7/h2,5,7H,3-4H2,1H3. The second kappa shape index (κ2) is 2.32. The third-order valence-electron chi connectivity index (χ3n) is 2.04. The van der Waals surface area contributed by atoms with E-state index in [2.05, 4.69) is 4.98 Å². The highest BCUT2D eigenvalue weighted by atomic mass is 32.2. The van der Waals surface area contributed by atoms with Gasteiger partial charge in [0.1, 0.15) is 0 Å². The van der Waals surface area contributed by atoms with Crippen molar-refractivity contribution in [1.82, 2.24) is 9.55 Å². The Morgan fingerprint density at radius 3 is 2.67 bits per heavy atom. The zero-order valence-corrected chi connectivity index (χ0v) is 7.58. The predicted molar refractivity (Wildman–Crippen MR) is 44.7 cm³/mol. The van der Waals surface area contributed by atoms with Crippen LogP contribution < -0.4 is 0 Å². The van der Waals surface area contributed by atoms with E-state index in [0.717, 1.165) is 5.69 Å². The molecule has 0 radical (unpaired) electrons. The molecule has 1 fully saturated rings. The lowest BCUT2D eigenvalue weighted by Gasteiger charge is -2.26. The normalized spacial score (nSPS) is 22.1. The maximum Gasteiger partial charge on any atom is 0.154 e.